The Kier molecular flexibility index (Phi) is 5.88. The number of rotatable bonds is 7. The van der Waals surface area contributed by atoms with Crippen LogP contribution in [0, 0.1) is 0 Å². The van der Waals surface area contributed by atoms with Crippen LogP contribution in [-0.2, 0) is 11.3 Å². The van der Waals surface area contributed by atoms with Crippen LogP contribution in [0.4, 0.5) is 0 Å². The number of amides is 1. The van der Waals surface area contributed by atoms with Gasteiger partial charge >= 0.3 is 0 Å². The van der Waals surface area contributed by atoms with Crippen LogP contribution in [0.25, 0.3) is 0 Å². The molecule has 0 aromatic heterocycles. The van der Waals surface area contributed by atoms with E-state index < -0.39 is 5.54 Å². The molecule has 5 heteroatoms. The van der Waals surface area contributed by atoms with Gasteiger partial charge in [0.15, 0.2) is 11.5 Å². The van der Waals surface area contributed by atoms with Gasteiger partial charge in [-0.2, -0.15) is 0 Å². The largest absolute Gasteiger partial charge is 0.493 e. The molecule has 1 saturated carbocycles. The molecular weight excluding hydrogens is 292 g/mol. The van der Waals surface area contributed by atoms with Crippen LogP contribution in [0.5, 0.6) is 11.5 Å². The Morgan fingerprint density at radius 2 is 2.00 bits per heavy atom. The topological polar surface area (TPSA) is 73.6 Å². The molecule has 0 radical (unpaired) electrons. The van der Waals surface area contributed by atoms with E-state index in [1.54, 1.807) is 7.11 Å². The zero-order chi connectivity index (χ0) is 16.9. The molecule has 0 aliphatic heterocycles. The van der Waals surface area contributed by atoms with Crippen LogP contribution < -0.4 is 20.5 Å². The van der Waals surface area contributed by atoms with E-state index >= 15 is 0 Å². The maximum atomic E-state index is 11.8. The molecule has 2 rings (SSSR count). The van der Waals surface area contributed by atoms with Gasteiger partial charge in [-0.3, -0.25) is 4.79 Å². The van der Waals surface area contributed by atoms with Gasteiger partial charge in [0.25, 0.3) is 0 Å². The molecule has 5 nitrogen and oxygen atoms in total. The summed E-state index contributed by atoms with van der Waals surface area (Å²) in [6.45, 7) is 4.13. The van der Waals surface area contributed by atoms with Crippen molar-refractivity contribution in [3.63, 3.8) is 0 Å². The molecule has 0 saturated heterocycles. The normalized spacial score (nSPS) is 15.5. The molecule has 23 heavy (non-hydrogen) atoms. The second kappa shape index (κ2) is 7.68. The molecule has 1 aliphatic rings. The van der Waals surface area contributed by atoms with Crippen LogP contribution in [-0.4, -0.2) is 24.7 Å². The van der Waals surface area contributed by atoms with Crippen molar-refractivity contribution in [3.8, 4) is 11.5 Å². The van der Waals surface area contributed by atoms with Crippen molar-refractivity contribution < 1.29 is 14.3 Å². The molecule has 1 aromatic rings. The lowest BCUT2D eigenvalue weighted by atomic mass is 10.0. The first-order valence-corrected chi connectivity index (χ1v) is 8.26. The maximum absolute atomic E-state index is 11.8. The lowest BCUT2D eigenvalue weighted by molar-refractivity contribution is -0.122. The number of ether oxygens (including phenoxy) is 2. The Bertz CT molecular complexity index is 532. The lowest BCUT2D eigenvalue weighted by Crippen LogP contribution is -2.38. The van der Waals surface area contributed by atoms with Crippen LogP contribution in [0.3, 0.4) is 0 Å². The lowest BCUT2D eigenvalue weighted by Gasteiger charge is -2.18. The highest BCUT2D eigenvalue weighted by molar-refractivity contribution is 5.77. The van der Waals surface area contributed by atoms with Gasteiger partial charge in [0.2, 0.25) is 5.91 Å². The highest BCUT2D eigenvalue weighted by Crippen LogP contribution is 2.32. The third-order valence-electron chi connectivity index (χ3n) is 3.93. The fourth-order valence-corrected chi connectivity index (χ4v) is 2.78. The summed E-state index contributed by atoms with van der Waals surface area (Å²) in [6, 6.07) is 5.80. The Hall–Kier alpha value is -1.75. The van der Waals surface area contributed by atoms with Crippen molar-refractivity contribution in [1.82, 2.24) is 5.32 Å². The minimum atomic E-state index is -0.499. The second-order valence-corrected chi connectivity index (χ2v) is 6.95. The van der Waals surface area contributed by atoms with Crippen molar-refractivity contribution >= 4 is 5.91 Å². The SMILES string of the molecule is COc1cc(CNC(=O)CC(C)(C)N)ccc1OC1CCCC1. The summed E-state index contributed by atoms with van der Waals surface area (Å²) in [4.78, 5) is 11.8. The maximum Gasteiger partial charge on any atom is 0.222 e. The molecule has 0 heterocycles. The first-order valence-electron chi connectivity index (χ1n) is 8.26. The van der Waals surface area contributed by atoms with E-state index in [9.17, 15) is 4.79 Å². The first-order chi connectivity index (χ1) is 10.9. The first kappa shape index (κ1) is 17.6. The van der Waals surface area contributed by atoms with Gasteiger partial charge in [0.1, 0.15) is 0 Å². The zero-order valence-electron chi connectivity index (χ0n) is 14.4. The van der Waals surface area contributed by atoms with Gasteiger partial charge in [0.05, 0.1) is 13.2 Å². The van der Waals surface area contributed by atoms with Crippen LogP contribution >= 0.6 is 0 Å². The predicted octanol–water partition coefficient (Wildman–Crippen LogP) is 2.76. The van der Waals surface area contributed by atoms with Crippen molar-refractivity contribution in [2.75, 3.05) is 7.11 Å². The number of methoxy groups -OCH3 is 1. The predicted molar refractivity (Wildman–Crippen MR) is 90.6 cm³/mol. The number of carbonyl (C=O) groups excluding carboxylic acids is 1. The van der Waals surface area contributed by atoms with Gasteiger partial charge in [-0.15, -0.1) is 0 Å². The van der Waals surface area contributed by atoms with E-state index in [4.69, 9.17) is 15.2 Å². The summed E-state index contributed by atoms with van der Waals surface area (Å²) in [5, 5.41) is 2.88. The Balaban J connectivity index is 1.94. The van der Waals surface area contributed by atoms with Crippen molar-refractivity contribution in [1.29, 1.82) is 0 Å². The summed E-state index contributed by atoms with van der Waals surface area (Å²) in [7, 11) is 1.64. The van der Waals surface area contributed by atoms with E-state index in [2.05, 4.69) is 5.32 Å². The number of hydrogen-bond donors (Lipinski definition) is 2. The molecule has 1 fully saturated rings. The zero-order valence-corrected chi connectivity index (χ0v) is 14.4. The minimum Gasteiger partial charge on any atom is -0.493 e. The standard InChI is InChI=1S/C18H28N2O3/c1-18(2,19)11-17(21)20-12-13-8-9-15(16(10-13)22-3)23-14-6-4-5-7-14/h8-10,14H,4-7,11-12,19H2,1-3H3,(H,20,21). The number of nitrogens with one attached hydrogen (secondary N) is 1. The number of carbonyl (C=O) groups is 1. The van der Waals surface area contributed by atoms with E-state index in [0.717, 1.165) is 24.2 Å². The van der Waals surface area contributed by atoms with E-state index in [-0.39, 0.29) is 5.91 Å². The van der Waals surface area contributed by atoms with Gasteiger partial charge in [-0.1, -0.05) is 6.07 Å². The Morgan fingerprint density at radius 3 is 2.61 bits per heavy atom. The summed E-state index contributed by atoms with van der Waals surface area (Å²) in [5.74, 6) is 1.43. The van der Waals surface area contributed by atoms with Crippen molar-refractivity contribution in [2.24, 2.45) is 5.73 Å². The Morgan fingerprint density at radius 1 is 1.30 bits per heavy atom. The number of hydrogen-bond acceptors (Lipinski definition) is 4. The molecule has 128 valence electrons. The average molecular weight is 320 g/mol. The van der Waals surface area contributed by atoms with Gasteiger partial charge < -0.3 is 20.5 Å². The molecule has 0 atom stereocenters. The van der Waals surface area contributed by atoms with E-state index in [0.29, 0.717) is 24.8 Å². The third-order valence-corrected chi connectivity index (χ3v) is 3.93. The summed E-state index contributed by atoms with van der Waals surface area (Å²) in [5.41, 5.74) is 6.33. The van der Waals surface area contributed by atoms with Crippen LogP contribution in [0.2, 0.25) is 0 Å². The summed E-state index contributed by atoms with van der Waals surface area (Å²) >= 11 is 0. The fourth-order valence-electron chi connectivity index (χ4n) is 2.78. The number of nitrogens with two attached hydrogens (primary N) is 1. The van der Waals surface area contributed by atoms with Gasteiger partial charge in [-0.05, 0) is 57.2 Å². The minimum absolute atomic E-state index is 0.0530. The average Bonchev–Trinajstić information content (AvgIpc) is 2.97. The van der Waals surface area contributed by atoms with Crippen molar-refractivity contribution in [3.05, 3.63) is 23.8 Å². The number of benzene rings is 1. The molecule has 0 bridgehead atoms. The fraction of sp³-hybridized carbons (Fsp3) is 0.611. The molecule has 1 aliphatic carbocycles. The quantitative estimate of drug-likeness (QED) is 0.810. The van der Waals surface area contributed by atoms with Crippen LogP contribution in [0.15, 0.2) is 18.2 Å². The second-order valence-electron chi connectivity index (χ2n) is 6.95. The molecule has 1 aromatic carbocycles. The molecule has 0 unspecified atom stereocenters. The third kappa shape index (κ3) is 5.75. The van der Waals surface area contributed by atoms with Gasteiger partial charge in [-0.25, -0.2) is 0 Å². The Labute approximate surface area is 138 Å². The smallest absolute Gasteiger partial charge is 0.222 e. The molecule has 3 N–H and O–H groups in total. The summed E-state index contributed by atoms with van der Waals surface area (Å²) in [6.07, 6.45) is 5.27. The van der Waals surface area contributed by atoms with Crippen molar-refractivity contribution in [2.45, 2.75) is 64.1 Å². The van der Waals surface area contributed by atoms with Crippen LogP contribution in [0.1, 0.15) is 51.5 Å². The highest BCUT2D eigenvalue weighted by atomic mass is 16.5. The summed E-state index contributed by atoms with van der Waals surface area (Å²) < 4.78 is 11.4. The van der Waals surface area contributed by atoms with E-state index in [1.165, 1.54) is 12.8 Å². The monoisotopic (exact) mass is 320 g/mol. The highest BCUT2D eigenvalue weighted by Gasteiger charge is 2.19. The van der Waals surface area contributed by atoms with Gasteiger partial charge in [0, 0.05) is 18.5 Å². The van der Waals surface area contributed by atoms with E-state index in [1.807, 2.05) is 32.0 Å². The molecule has 1 amide bonds. The molecule has 0 spiro atoms. The molecular formula is C18H28N2O3.